The highest BCUT2D eigenvalue weighted by Gasteiger charge is 2.35. The second-order valence-corrected chi connectivity index (χ2v) is 12.6. The maximum atomic E-state index is 9.50. The third kappa shape index (κ3) is 5.11. The Morgan fingerprint density at radius 3 is 1.62 bits per heavy atom. The summed E-state index contributed by atoms with van der Waals surface area (Å²) < 4.78 is 0. The van der Waals surface area contributed by atoms with E-state index in [4.69, 9.17) is 9.97 Å². The molecule has 0 saturated heterocycles. The molecule has 0 atom stereocenters. The molecule has 0 bridgehead atoms. The second-order valence-electron chi connectivity index (χ2n) is 12.6. The number of nitrogens with zero attached hydrogens (tertiary/aromatic N) is 3. The van der Waals surface area contributed by atoms with Crippen LogP contribution in [-0.4, -0.2) is 9.97 Å². The molecule has 0 saturated carbocycles. The Hall–Kier alpha value is -6.11. The molecule has 1 aliphatic carbocycles. The maximum Gasteiger partial charge on any atom is 0.160 e. The smallest absolute Gasteiger partial charge is 0.160 e. The molecule has 1 aliphatic rings. The van der Waals surface area contributed by atoms with Gasteiger partial charge in [-0.25, -0.2) is 9.97 Å². The van der Waals surface area contributed by atoms with Crippen molar-refractivity contribution in [2.75, 3.05) is 0 Å². The molecular weight excluding hydrogens is 571 g/mol. The Morgan fingerprint density at radius 2 is 0.936 bits per heavy atom. The number of hydrogen-bond acceptors (Lipinski definition) is 3. The van der Waals surface area contributed by atoms with Crippen LogP contribution in [0.4, 0.5) is 0 Å². The molecule has 0 aliphatic heterocycles. The molecule has 0 N–H and O–H groups in total. The topological polar surface area (TPSA) is 49.6 Å². The molecule has 3 heteroatoms. The van der Waals surface area contributed by atoms with Gasteiger partial charge in [-0.2, -0.15) is 5.26 Å². The van der Waals surface area contributed by atoms with Gasteiger partial charge in [-0.15, -0.1) is 0 Å². The molecule has 1 heterocycles. The molecule has 47 heavy (non-hydrogen) atoms. The largest absolute Gasteiger partial charge is 0.228 e. The minimum absolute atomic E-state index is 0.184. The Balaban J connectivity index is 1.17. The highest BCUT2D eigenvalue weighted by atomic mass is 14.9. The predicted octanol–water partition coefficient (Wildman–Crippen LogP) is 11.0. The van der Waals surface area contributed by atoms with E-state index in [1.54, 1.807) is 0 Å². The second kappa shape index (κ2) is 11.4. The summed E-state index contributed by atoms with van der Waals surface area (Å²) in [5.41, 5.74) is 14.9. The van der Waals surface area contributed by atoms with E-state index in [2.05, 4.69) is 135 Å². The van der Waals surface area contributed by atoms with E-state index in [0.717, 1.165) is 44.8 Å². The number of aromatic nitrogens is 2. The first-order valence-electron chi connectivity index (χ1n) is 15.9. The van der Waals surface area contributed by atoms with Crippen molar-refractivity contribution in [3.8, 4) is 73.4 Å². The summed E-state index contributed by atoms with van der Waals surface area (Å²) in [6, 6.07) is 55.0. The van der Waals surface area contributed by atoms with E-state index in [-0.39, 0.29) is 5.41 Å². The first-order valence-corrected chi connectivity index (χ1v) is 15.9. The molecule has 8 rings (SSSR count). The SMILES string of the molecule is CC1(C)c2cc(C#N)ccc2-c2ccc(-c3ccc(-c4cc(-c5ccccc5)nc(-c5cccc(-c6ccccc6)c5)n4)cc3)cc21. The van der Waals surface area contributed by atoms with E-state index < -0.39 is 0 Å². The van der Waals surface area contributed by atoms with Gasteiger partial charge in [0, 0.05) is 22.1 Å². The number of benzene rings is 6. The fourth-order valence-corrected chi connectivity index (χ4v) is 6.77. The van der Waals surface area contributed by atoms with Crippen LogP contribution in [0.1, 0.15) is 30.5 Å². The first-order chi connectivity index (χ1) is 23.0. The van der Waals surface area contributed by atoms with Crippen molar-refractivity contribution in [2.24, 2.45) is 0 Å². The van der Waals surface area contributed by atoms with Crippen molar-refractivity contribution in [2.45, 2.75) is 19.3 Å². The summed E-state index contributed by atoms with van der Waals surface area (Å²) >= 11 is 0. The highest BCUT2D eigenvalue weighted by Crippen LogP contribution is 2.50. The van der Waals surface area contributed by atoms with Crippen LogP contribution >= 0.6 is 0 Å². The van der Waals surface area contributed by atoms with E-state index in [0.29, 0.717) is 11.4 Å². The van der Waals surface area contributed by atoms with E-state index in [9.17, 15) is 5.26 Å². The third-order valence-electron chi connectivity index (χ3n) is 9.34. The van der Waals surface area contributed by atoms with Gasteiger partial charge >= 0.3 is 0 Å². The van der Waals surface area contributed by atoms with Gasteiger partial charge in [-0.05, 0) is 74.8 Å². The molecule has 6 aromatic carbocycles. The summed E-state index contributed by atoms with van der Waals surface area (Å²) in [6.45, 7) is 4.50. The minimum Gasteiger partial charge on any atom is -0.228 e. The van der Waals surface area contributed by atoms with Crippen LogP contribution in [0.2, 0.25) is 0 Å². The summed E-state index contributed by atoms with van der Waals surface area (Å²) in [7, 11) is 0. The highest BCUT2D eigenvalue weighted by molar-refractivity contribution is 5.84. The fraction of sp³-hybridized carbons (Fsp3) is 0.0682. The minimum atomic E-state index is -0.184. The van der Waals surface area contributed by atoms with Crippen LogP contribution in [0.25, 0.3) is 67.3 Å². The number of rotatable bonds is 5. The maximum absolute atomic E-state index is 9.50. The van der Waals surface area contributed by atoms with Gasteiger partial charge in [0.05, 0.1) is 23.0 Å². The monoisotopic (exact) mass is 601 g/mol. The summed E-state index contributed by atoms with van der Waals surface area (Å²) in [5.74, 6) is 0.697. The van der Waals surface area contributed by atoms with Crippen molar-refractivity contribution in [1.82, 2.24) is 9.97 Å². The van der Waals surface area contributed by atoms with Crippen LogP contribution in [0.3, 0.4) is 0 Å². The molecule has 7 aromatic rings. The fourth-order valence-electron chi connectivity index (χ4n) is 6.77. The zero-order valence-electron chi connectivity index (χ0n) is 26.3. The molecule has 3 nitrogen and oxygen atoms in total. The van der Waals surface area contributed by atoms with Crippen molar-refractivity contribution in [3.63, 3.8) is 0 Å². The predicted molar refractivity (Wildman–Crippen MR) is 191 cm³/mol. The van der Waals surface area contributed by atoms with E-state index in [1.165, 1.54) is 27.8 Å². The number of nitriles is 1. The van der Waals surface area contributed by atoms with Crippen LogP contribution < -0.4 is 0 Å². The lowest BCUT2D eigenvalue weighted by molar-refractivity contribution is 0.660. The molecule has 0 unspecified atom stereocenters. The Labute approximate surface area is 275 Å². The van der Waals surface area contributed by atoms with Crippen molar-refractivity contribution < 1.29 is 0 Å². The zero-order chi connectivity index (χ0) is 32.0. The molecule has 0 amide bonds. The van der Waals surface area contributed by atoms with Gasteiger partial charge in [0.25, 0.3) is 0 Å². The summed E-state index contributed by atoms with van der Waals surface area (Å²) in [4.78, 5) is 10.2. The Morgan fingerprint density at radius 1 is 0.447 bits per heavy atom. The molecule has 0 spiro atoms. The van der Waals surface area contributed by atoms with Crippen molar-refractivity contribution in [3.05, 3.63) is 168 Å². The van der Waals surface area contributed by atoms with Gasteiger partial charge in [-0.3, -0.25) is 0 Å². The van der Waals surface area contributed by atoms with Crippen LogP contribution in [-0.2, 0) is 5.41 Å². The summed E-state index contributed by atoms with van der Waals surface area (Å²) in [5, 5.41) is 9.50. The van der Waals surface area contributed by atoms with Gasteiger partial charge in [-0.1, -0.05) is 135 Å². The van der Waals surface area contributed by atoms with Crippen molar-refractivity contribution >= 4 is 0 Å². The lowest BCUT2D eigenvalue weighted by Gasteiger charge is -2.22. The number of hydrogen-bond donors (Lipinski definition) is 0. The molecule has 0 fully saturated rings. The Kier molecular flexibility index (Phi) is 6.85. The average molecular weight is 602 g/mol. The van der Waals surface area contributed by atoms with Crippen LogP contribution in [0, 0.1) is 11.3 Å². The van der Waals surface area contributed by atoms with E-state index in [1.807, 2.05) is 36.4 Å². The van der Waals surface area contributed by atoms with Gasteiger partial charge < -0.3 is 0 Å². The first kappa shape index (κ1) is 28.4. The lowest BCUT2D eigenvalue weighted by atomic mass is 9.81. The zero-order valence-corrected chi connectivity index (χ0v) is 26.3. The molecule has 0 radical (unpaired) electrons. The quantitative estimate of drug-likeness (QED) is 0.197. The van der Waals surface area contributed by atoms with Gasteiger partial charge in [0.1, 0.15) is 0 Å². The van der Waals surface area contributed by atoms with Crippen LogP contribution in [0.15, 0.2) is 152 Å². The molecule has 222 valence electrons. The van der Waals surface area contributed by atoms with Crippen molar-refractivity contribution in [1.29, 1.82) is 5.26 Å². The number of fused-ring (bicyclic) bond motifs is 3. The summed E-state index contributed by atoms with van der Waals surface area (Å²) in [6.07, 6.45) is 0. The lowest BCUT2D eigenvalue weighted by Crippen LogP contribution is -2.15. The van der Waals surface area contributed by atoms with Gasteiger partial charge in [0.2, 0.25) is 0 Å². The van der Waals surface area contributed by atoms with E-state index >= 15 is 0 Å². The molecular formula is C44H31N3. The normalized spacial score (nSPS) is 12.6. The average Bonchev–Trinajstić information content (AvgIpc) is 3.37. The third-order valence-corrected chi connectivity index (χ3v) is 9.34. The van der Waals surface area contributed by atoms with Gasteiger partial charge in [0.15, 0.2) is 5.82 Å². The standard InChI is InChI=1S/C44H31N3/c1-44(2)39-24-29(28-45)16-22-37(39)38-23-21-35(26-40(38)44)31-17-19-33(20-18-31)42-27-41(32-12-7-4-8-13-32)46-43(47-42)36-15-9-14-34(25-36)30-10-5-3-6-11-30/h3-27H,1-2H3. The Bertz CT molecular complexity index is 2310. The van der Waals surface area contributed by atoms with Crippen LogP contribution in [0.5, 0.6) is 0 Å². The molecule has 1 aromatic heterocycles.